The van der Waals surface area contributed by atoms with Gasteiger partial charge in [0.1, 0.15) is 0 Å². The van der Waals surface area contributed by atoms with Crippen molar-refractivity contribution in [3.8, 4) is 0 Å². The van der Waals surface area contributed by atoms with E-state index < -0.39 is 0 Å². The normalized spacial score (nSPS) is 8.15. The molecule has 0 saturated carbocycles. The highest BCUT2D eigenvalue weighted by molar-refractivity contribution is 5.78. The summed E-state index contributed by atoms with van der Waals surface area (Å²) in [4.78, 5) is 3.83. The third-order valence-corrected chi connectivity index (χ3v) is 1.01. The summed E-state index contributed by atoms with van der Waals surface area (Å²) in [6.45, 7) is 1.93. The first kappa shape index (κ1) is 11.4. The molecule has 0 aromatic heterocycles. The molecule has 0 aliphatic carbocycles. The van der Waals surface area contributed by atoms with Crippen LogP contribution in [-0.2, 0) is 0 Å². The topological polar surface area (TPSA) is 84.6 Å². The van der Waals surface area contributed by atoms with Gasteiger partial charge in [0.25, 0.3) is 0 Å². The minimum absolute atomic E-state index is 0.0891. The van der Waals surface area contributed by atoms with Gasteiger partial charge in [-0.3, -0.25) is 0 Å². The van der Waals surface area contributed by atoms with E-state index in [0.717, 1.165) is 5.69 Å². The molecule has 0 saturated heterocycles. The van der Waals surface area contributed by atoms with Gasteiger partial charge in [-0.25, -0.2) is 4.99 Å². The highest BCUT2D eigenvalue weighted by Gasteiger charge is 1.83. The fourth-order valence-corrected chi connectivity index (χ4v) is 0.652. The van der Waals surface area contributed by atoms with Gasteiger partial charge in [-0.05, 0) is 19.1 Å². The molecule has 0 fully saturated rings. The number of guanidine groups is 1. The summed E-state index contributed by atoms with van der Waals surface area (Å²) in [6, 6.07) is 9.33. The molecule has 0 atom stereocenters. The highest BCUT2D eigenvalue weighted by Crippen LogP contribution is 2.07. The number of nitrogens with two attached hydrogens (primary N) is 2. The van der Waals surface area contributed by atoms with Gasteiger partial charge in [-0.2, -0.15) is 0 Å². The Labute approximate surface area is 77.9 Å². The highest BCUT2D eigenvalue weighted by atomic mass is 16.2. The summed E-state index contributed by atoms with van der Waals surface area (Å²) in [6.07, 6.45) is 0. The number of para-hydroxylation sites is 1. The maximum Gasteiger partial charge on any atom is 0.191 e. The molecule has 1 rings (SSSR count). The summed E-state index contributed by atoms with van der Waals surface area (Å²) >= 11 is 0. The van der Waals surface area contributed by atoms with E-state index in [4.69, 9.17) is 16.6 Å². The Hall–Kier alpha value is -1.55. The predicted molar refractivity (Wildman–Crippen MR) is 54.7 cm³/mol. The molecule has 13 heavy (non-hydrogen) atoms. The van der Waals surface area contributed by atoms with Crippen LogP contribution in [0.25, 0.3) is 0 Å². The van der Waals surface area contributed by atoms with Crippen LogP contribution in [0.3, 0.4) is 0 Å². The Morgan fingerprint density at radius 1 is 1.31 bits per heavy atom. The molecule has 0 spiro atoms. The summed E-state index contributed by atoms with van der Waals surface area (Å²) in [5.74, 6) is 0.0891. The second-order valence-corrected chi connectivity index (χ2v) is 2.19. The molecule has 0 aliphatic heterocycles. The first-order valence-electron chi connectivity index (χ1n) is 3.96. The lowest BCUT2D eigenvalue weighted by atomic mass is 10.3. The second-order valence-electron chi connectivity index (χ2n) is 2.19. The van der Waals surface area contributed by atoms with Crippen molar-refractivity contribution < 1.29 is 5.11 Å². The number of hydrogen-bond donors (Lipinski definition) is 3. The second kappa shape index (κ2) is 7.12. The van der Waals surface area contributed by atoms with Crippen LogP contribution >= 0.6 is 0 Å². The minimum atomic E-state index is 0.0891. The number of rotatable bonds is 1. The number of benzene rings is 1. The average Bonchev–Trinajstić information content (AvgIpc) is 2.06. The molecular weight excluding hydrogens is 166 g/mol. The zero-order valence-electron chi connectivity index (χ0n) is 7.64. The van der Waals surface area contributed by atoms with Gasteiger partial charge >= 0.3 is 0 Å². The van der Waals surface area contributed by atoms with Gasteiger partial charge in [0.15, 0.2) is 5.96 Å². The van der Waals surface area contributed by atoms with Crippen molar-refractivity contribution in [3.05, 3.63) is 30.3 Å². The lowest BCUT2D eigenvalue weighted by Crippen LogP contribution is -2.21. The molecule has 4 heteroatoms. The Morgan fingerprint density at radius 3 is 2.15 bits per heavy atom. The zero-order valence-corrected chi connectivity index (χ0v) is 7.64. The Kier molecular flexibility index (Phi) is 6.27. The van der Waals surface area contributed by atoms with Crippen molar-refractivity contribution in [1.82, 2.24) is 0 Å². The largest absolute Gasteiger partial charge is 0.397 e. The maximum absolute atomic E-state index is 7.57. The summed E-state index contributed by atoms with van der Waals surface area (Å²) in [7, 11) is 0. The van der Waals surface area contributed by atoms with E-state index in [2.05, 4.69) is 4.99 Å². The molecule has 1 aromatic rings. The predicted octanol–water partition coefficient (Wildman–Crippen LogP) is 0.590. The molecule has 4 nitrogen and oxygen atoms in total. The Balaban J connectivity index is 0.000000424. The van der Waals surface area contributed by atoms with Gasteiger partial charge in [-0.15, -0.1) is 0 Å². The van der Waals surface area contributed by atoms with Crippen molar-refractivity contribution in [3.63, 3.8) is 0 Å². The first-order chi connectivity index (χ1) is 6.20. The van der Waals surface area contributed by atoms with E-state index in [1.165, 1.54) is 0 Å². The molecule has 0 aliphatic rings. The summed E-state index contributed by atoms with van der Waals surface area (Å²) in [5.41, 5.74) is 11.1. The lowest BCUT2D eigenvalue weighted by Gasteiger charge is -1.91. The Morgan fingerprint density at radius 2 is 1.77 bits per heavy atom. The molecule has 0 unspecified atom stereocenters. The van der Waals surface area contributed by atoms with E-state index in [0.29, 0.717) is 0 Å². The fraction of sp³-hybridized carbons (Fsp3) is 0.222. The molecule has 0 bridgehead atoms. The molecule has 0 radical (unpaired) electrons. The van der Waals surface area contributed by atoms with Crippen LogP contribution in [0.15, 0.2) is 35.3 Å². The van der Waals surface area contributed by atoms with E-state index in [9.17, 15) is 0 Å². The molecule has 5 N–H and O–H groups in total. The monoisotopic (exact) mass is 181 g/mol. The van der Waals surface area contributed by atoms with E-state index >= 15 is 0 Å². The van der Waals surface area contributed by atoms with Gasteiger partial charge in [0, 0.05) is 6.61 Å². The smallest absolute Gasteiger partial charge is 0.191 e. The summed E-state index contributed by atoms with van der Waals surface area (Å²) in [5, 5.41) is 7.57. The number of nitrogens with zero attached hydrogens (tertiary/aromatic N) is 1. The van der Waals surface area contributed by atoms with Crippen LogP contribution in [-0.4, -0.2) is 17.7 Å². The van der Waals surface area contributed by atoms with Gasteiger partial charge in [0.2, 0.25) is 0 Å². The van der Waals surface area contributed by atoms with Crippen LogP contribution in [0.1, 0.15) is 6.92 Å². The van der Waals surface area contributed by atoms with E-state index in [1.807, 2.05) is 30.3 Å². The van der Waals surface area contributed by atoms with Crippen molar-refractivity contribution in [2.75, 3.05) is 6.61 Å². The minimum Gasteiger partial charge on any atom is -0.397 e. The van der Waals surface area contributed by atoms with Crippen molar-refractivity contribution in [2.45, 2.75) is 6.92 Å². The average molecular weight is 181 g/mol. The molecular formula is C9H15N3O. The zero-order chi connectivity index (χ0) is 10.1. The van der Waals surface area contributed by atoms with Crippen molar-refractivity contribution in [1.29, 1.82) is 0 Å². The SMILES string of the molecule is CCO.NC(N)=Nc1ccccc1. The van der Waals surface area contributed by atoms with Crippen LogP contribution in [0.4, 0.5) is 5.69 Å². The van der Waals surface area contributed by atoms with Gasteiger partial charge < -0.3 is 16.6 Å². The van der Waals surface area contributed by atoms with Gasteiger partial charge in [0.05, 0.1) is 5.69 Å². The third kappa shape index (κ3) is 6.83. The van der Waals surface area contributed by atoms with Crippen molar-refractivity contribution >= 4 is 11.6 Å². The molecule has 0 amide bonds. The molecule has 72 valence electrons. The first-order valence-corrected chi connectivity index (χ1v) is 3.96. The van der Waals surface area contributed by atoms with Crippen LogP contribution in [0, 0.1) is 0 Å². The number of aliphatic hydroxyl groups excluding tert-OH is 1. The number of aliphatic hydroxyl groups is 1. The van der Waals surface area contributed by atoms with E-state index in [1.54, 1.807) is 6.92 Å². The number of hydrogen-bond acceptors (Lipinski definition) is 2. The fourth-order valence-electron chi connectivity index (χ4n) is 0.652. The van der Waals surface area contributed by atoms with Crippen LogP contribution < -0.4 is 11.5 Å². The number of aliphatic imine (C=N–C) groups is 1. The molecule has 1 aromatic carbocycles. The Bertz CT molecular complexity index is 242. The summed E-state index contributed by atoms with van der Waals surface area (Å²) < 4.78 is 0. The van der Waals surface area contributed by atoms with E-state index in [-0.39, 0.29) is 12.6 Å². The standard InChI is InChI=1S/C7H9N3.C2H6O/c8-7(9)10-6-4-2-1-3-5-6;1-2-3/h1-5H,(H4,8,9,10);3H,2H2,1H3. The van der Waals surface area contributed by atoms with Crippen molar-refractivity contribution in [2.24, 2.45) is 16.5 Å². The maximum atomic E-state index is 7.57. The third-order valence-electron chi connectivity index (χ3n) is 1.01. The van der Waals surface area contributed by atoms with Crippen LogP contribution in [0.2, 0.25) is 0 Å². The van der Waals surface area contributed by atoms with Crippen LogP contribution in [0.5, 0.6) is 0 Å². The quantitative estimate of drug-likeness (QED) is 0.438. The molecule has 0 heterocycles. The van der Waals surface area contributed by atoms with Gasteiger partial charge in [-0.1, -0.05) is 18.2 Å². The lowest BCUT2D eigenvalue weighted by molar-refractivity contribution is 0.318.